The number of amides is 1. The van der Waals surface area contributed by atoms with E-state index in [9.17, 15) is 13.2 Å². The fourth-order valence-electron chi connectivity index (χ4n) is 2.54. The van der Waals surface area contributed by atoms with E-state index >= 15 is 0 Å². The summed E-state index contributed by atoms with van der Waals surface area (Å²) in [5.41, 5.74) is 1.33. The number of nitrogens with zero attached hydrogens (tertiary/aromatic N) is 2. The number of carbonyl (C=O) groups is 1. The van der Waals surface area contributed by atoms with Crippen LogP contribution in [0, 0.1) is 6.92 Å². The van der Waals surface area contributed by atoms with E-state index in [0.29, 0.717) is 16.5 Å². The summed E-state index contributed by atoms with van der Waals surface area (Å²) in [4.78, 5) is 16.3. The summed E-state index contributed by atoms with van der Waals surface area (Å²) < 4.78 is 32.4. The molecular weight excluding hydrogens is 437 g/mol. The van der Waals surface area contributed by atoms with Gasteiger partial charge in [-0.3, -0.25) is 4.79 Å². The van der Waals surface area contributed by atoms with Crippen LogP contribution in [0.3, 0.4) is 0 Å². The van der Waals surface area contributed by atoms with Crippen molar-refractivity contribution in [1.29, 1.82) is 0 Å². The van der Waals surface area contributed by atoms with E-state index in [1.807, 2.05) is 6.92 Å². The van der Waals surface area contributed by atoms with Crippen molar-refractivity contribution in [3.63, 3.8) is 0 Å². The molecule has 1 N–H and O–H groups in total. The summed E-state index contributed by atoms with van der Waals surface area (Å²) in [5.74, 6) is -0.163. The van der Waals surface area contributed by atoms with Crippen LogP contribution in [-0.2, 0) is 21.4 Å². The van der Waals surface area contributed by atoms with Gasteiger partial charge in [-0.05, 0) is 48.9 Å². The van der Waals surface area contributed by atoms with Gasteiger partial charge < -0.3 is 9.73 Å². The van der Waals surface area contributed by atoms with Crippen molar-refractivity contribution >= 4 is 44.8 Å². The molecule has 3 aromatic rings. The van der Waals surface area contributed by atoms with Crippen LogP contribution in [0.5, 0.6) is 0 Å². The smallest absolute Gasteiger partial charge is 0.245 e. The third-order valence-electron chi connectivity index (χ3n) is 3.97. The molecule has 1 amide bonds. The van der Waals surface area contributed by atoms with Crippen LogP contribution in [0.25, 0.3) is 0 Å². The minimum absolute atomic E-state index is 0.0883. The van der Waals surface area contributed by atoms with Gasteiger partial charge in [-0.1, -0.05) is 29.3 Å². The predicted octanol–water partition coefficient (Wildman–Crippen LogP) is 4.12. The van der Waals surface area contributed by atoms with Crippen molar-refractivity contribution < 1.29 is 17.6 Å². The Hall–Kier alpha value is -2.39. The number of aromatic nitrogens is 1. The van der Waals surface area contributed by atoms with E-state index in [1.54, 1.807) is 30.3 Å². The summed E-state index contributed by atoms with van der Waals surface area (Å²) in [6.07, 6.45) is 2.57. The van der Waals surface area contributed by atoms with E-state index in [-0.39, 0.29) is 16.6 Å². The van der Waals surface area contributed by atoms with Crippen molar-refractivity contribution in [2.45, 2.75) is 18.4 Å². The zero-order valence-corrected chi connectivity index (χ0v) is 17.6. The molecule has 0 aliphatic carbocycles. The van der Waals surface area contributed by atoms with Crippen molar-refractivity contribution in [3.8, 4) is 0 Å². The van der Waals surface area contributed by atoms with E-state index in [1.165, 1.54) is 18.4 Å². The molecule has 3 rings (SSSR count). The molecule has 0 bridgehead atoms. The third-order valence-corrected chi connectivity index (χ3v) is 6.28. The fraction of sp³-hybridized carbons (Fsp3) is 0.158. The molecule has 2 aromatic heterocycles. The Morgan fingerprint density at radius 2 is 2.00 bits per heavy atom. The maximum atomic E-state index is 13.1. The molecule has 0 atom stereocenters. The van der Waals surface area contributed by atoms with Gasteiger partial charge in [0.05, 0.1) is 30.1 Å². The number of carbonyl (C=O) groups excluding carboxylic acids is 1. The van der Waals surface area contributed by atoms with Gasteiger partial charge >= 0.3 is 0 Å². The number of hydrogen-bond acceptors (Lipinski definition) is 5. The standard InChI is InChI=1S/C19H17Cl2N3O4S/c1-13-4-6-17(16(20)9-13)23-19(25)12-24(11-14-3-2-8-28-14)29(26,27)15-5-7-18(21)22-10-15/h2-10H,11-12H2,1H3,(H,23,25). The molecule has 0 fully saturated rings. The number of aryl methyl sites for hydroxylation is 1. The van der Waals surface area contributed by atoms with Crippen LogP contribution in [0.2, 0.25) is 10.2 Å². The van der Waals surface area contributed by atoms with Crippen LogP contribution in [-0.4, -0.2) is 30.2 Å². The number of benzene rings is 1. The van der Waals surface area contributed by atoms with Crippen LogP contribution in [0.15, 0.2) is 64.2 Å². The van der Waals surface area contributed by atoms with Gasteiger partial charge in [-0.2, -0.15) is 4.31 Å². The molecule has 0 aliphatic heterocycles. The van der Waals surface area contributed by atoms with Gasteiger partial charge in [-0.25, -0.2) is 13.4 Å². The highest BCUT2D eigenvalue weighted by Gasteiger charge is 2.28. The van der Waals surface area contributed by atoms with Crippen LogP contribution in [0.1, 0.15) is 11.3 Å². The lowest BCUT2D eigenvalue weighted by molar-refractivity contribution is -0.116. The molecule has 0 saturated heterocycles. The Balaban J connectivity index is 1.85. The summed E-state index contributed by atoms with van der Waals surface area (Å²) in [6.45, 7) is 1.29. The predicted molar refractivity (Wildman–Crippen MR) is 110 cm³/mol. The molecular formula is C19H17Cl2N3O4S. The van der Waals surface area contributed by atoms with Gasteiger partial charge in [0.1, 0.15) is 15.8 Å². The Labute approximate surface area is 178 Å². The number of anilines is 1. The first kappa shape index (κ1) is 21.3. The van der Waals surface area contributed by atoms with E-state index in [0.717, 1.165) is 16.1 Å². The zero-order chi connectivity index (χ0) is 21.0. The average molecular weight is 454 g/mol. The summed E-state index contributed by atoms with van der Waals surface area (Å²) >= 11 is 11.9. The maximum absolute atomic E-state index is 13.1. The third kappa shape index (κ3) is 5.36. The molecule has 0 spiro atoms. The average Bonchev–Trinajstić information content (AvgIpc) is 3.17. The number of pyridine rings is 1. The highest BCUT2D eigenvalue weighted by atomic mass is 35.5. The molecule has 152 valence electrons. The van der Waals surface area contributed by atoms with Gasteiger partial charge in [0.25, 0.3) is 0 Å². The summed E-state index contributed by atoms with van der Waals surface area (Å²) in [5, 5.41) is 3.16. The highest BCUT2D eigenvalue weighted by molar-refractivity contribution is 7.89. The Morgan fingerprint density at radius 1 is 1.21 bits per heavy atom. The maximum Gasteiger partial charge on any atom is 0.245 e. The molecule has 29 heavy (non-hydrogen) atoms. The van der Waals surface area contributed by atoms with Crippen molar-refractivity contribution in [1.82, 2.24) is 9.29 Å². The Morgan fingerprint density at radius 3 is 2.62 bits per heavy atom. The molecule has 0 aliphatic rings. The highest BCUT2D eigenvalue weighted by Crippen LogP contribution is 2.24. The Kier molecular flexibility index (Phi) is 6.59. The largest absolute Gasteiger partial charge is 0.468 e. The van der Waals surface area contributed by atoms with Crippen molar-refractivity contribution in [2.75, 3.05) is 11.9 Å². The first-order valence-electron chi connectivity index (χ1n) is 8.46. The number of sulfonamides is 1. The summed E-state index contributed by atoms with van der Waals surface area (Å²) in [7, 11) is -4.04. The van der Waals surface area contributed by atoms with Crippen molar-refractivity contribution in [2.24, 2.45) is 0 Å². The Bertz CT molecular complexity index is 1100. The molecule has 0 saturated carbocycles. The normalized spacial score (nSPS) is 11.6. The van der Waals surface area contributed by atoms with Crippen LogP contribution < -0.4 is 5.32 Å². The number of rotatable bonds is 7. The van der Waals surface area contributed by atoms with E-state index in [4.69, 9.17) is 27.6 Å². The van der Waals surface area contributed by atoms with Crippen molar-refractivity contribution in [3.05, 3.63) is 76.4 Å². The first-order valence-corrected chi connectivity index (χ1v) is 10.7. The lowest BCUT2D eigenvalue weighted by atomic mass is 10.2. The molecule has 1 aromatic carbocycles. The molecule has 0 radical (unpaired) electrons. The lowest BCUT2D eigenvalue weighted by Gasteiger charge is -2.21. The topological polar surface area (TPSA) is 92.5 Å². The number of nitrogens with one attached hydrogen (secondary N) is 1. The van der Waals surface area contributed by atoms with Gasteiger partial charge in [0.15, 0.2) is 0 Å². The lowest BCUT2D eigenvalue weighted by Crippen LogP contribution is -2.37. The number of halogens is 2. The SMILES string of the molecule is Cc1ccc(NC(=O)CN(Cc2ccco2)S(=O)(=O)c2ccc(Cl)nc2)c(Cl)c1. The minimum atomic E-state index is -4.04. The van der Waals surface area contributed by atoms with Gasteiger partial charge in [0.2, 0.25) is 15.9 Å². The molecule has 10 heteroatoms. The second-order valence-electron chi connectivity index (χ2n) is 6.20. The molecule has 0 unspecified atom stereocenters. The van der Waals surface area contributed by atoms with Gasteiger partial charge in [0, 0.05) is 6.20 Å². The monoisotopic (exact) mass is 453 g/mol. The fourth-order valence-corrected chi connectivity index (χ4v) is 4.24. The number of hydrogen-bond donors (Lipinski definition) is 1. The molecule has 2 heterocycles. The van der Waals surface area contributed by atoms with Crippen LogP contribution >= 0.6 is 23.2 Å². The second-order valence-corrected chi connectivity index (χ2v) is 8.93. The minimum Gasteiger partial charge on any atom is -0.468 e. The first-order chi connectivity index (χ1) is 13.8. The number of furan rings is 1. The van der Waals surface area contributed by atoms with Crippen LogP contribution in [0.4, 0.5) is 5.69 Å². The van der Waals surface area contributed by atoms with E-state index < -0.39 is 22.5 Å². The van der Waals surface area contributed by atoms with Gasteiger partial charge in [-0.15, -0.1) is 0 Å². The molecule has 7 nitrogen and oxygen atoms in total. The summed E-state index contributed by atoms with van der Waals surface area (Å²) in [6, 6.07) is 11.1. The van der Waals surface area contributed by atoms with E-state index in [2.05, 4.69) is 10.3 Å². The quantitative estimate of drug-likeness (QED) is 0.543. The zero-order valence-electron chi connectivity index (χ0n) is 15.3. The second kappa shape index (κ2) is 8.96.